The quantitative estimate of drug-likeness (QED) is 0.664. The lowest BCUT2D eigenvalue weighted by atomic mass is 9.68. The summed E-state index contributed by atoms with van der Waals surface area (Å²) in [7, 11) is 1.62. The van der Waals surface area contributed by atoms with Crippen LogP contribution in [0.2, 0.25) is 0 Å². The number of hydrogen-bond donors (Lipinski definition) is 1. The summed E-state index contributed by atoms with van der Waals surface area (Å²) < 4.78 is 12.0. The number of rotatable bonds is 6. The van der Waals surface area contributed by atoms with Crippen LogP contribution < -0.4 is 10.5 Å². The predicted octanol–water partition coefficient (Wildman–Crippen LogP) is 4.23. The van der Waals surface area contributed by atoms with Crippen molar-refractivity contribution < 1.29 is 14.3 Å². The zero-order valence-electron chi connectivity index (χ0n) is 17.9. The van der Waals surface area contributed by atoms with E-state index in [9.17, 15) is 10.1 Å². The van der Waals surface area contributed by atoms with Gasteiger partial charge in [-0.05, 0) is 37.0 Å². The summed E-state index contributed by atoms with van der Waals surface area (Å²) in [6.45, 7) is 7.49. The molecule has 0 saturated carbocycles. The Labute approximate surface area is 186 Å². The van der Waals surface area contributed by atoms with Crippen molar-refractivity contribution in [2.24, 2.45) is 11.1 Å². The summed E-state index contributed by atoms with van der Waals surface area (Å²) in [6, 6.07) is 7.96. The van der Waals surface area contributed by atoms with E-state index < -0.39 is 5.92 Å². The number of Topliss-reactive ketones (excluding diaryl/α,β-unsaturated/α-hetero) is 1. The van der Waals surface area contributed by atoms with Crippen LogP contribution in [0.5, 0.6) is 5.75 Å². The fraction of sp³-hybridized carbons (Fsp3) is 0.478. The Hall–Kier alpha value is -2.30. The molecule has 0 bridgehead atoms. The second-order valence-electron chi connectivity index (χ2n) is 8.40. The lowest BCUT2D eigenvalue weighted by Gasteiger charge is -2.44. The van der Waals surface area contributed by atoms with Gasteiger partial charge in [-0.2, -0.15) is 5.26 Å². The van der Waals surface area contributed by atoms with Crippen LogP contribution in [0.25, 0.3) is 0 Å². The number of benzene rings is 1. The second kappa shape index (κ2) is 8.83. The first-order valence-corrected chi connectivity index (χ1v) is 10.9. The predicted molar refractivity (Wildman–Crippen MR) is 119 cm³/mol. The number of hydrogen-bond acceptors (Lipinski definition) is 6. The summed E-state index contributed by atoms with van der Waals surface area (Å²) in [4.78, 5) is 15.3. The fourth-order valence-corrected chi connectivity index (χ4v) is 4.73. The Morgan fingerprint density at radius 1 is 1.37 bits per heavy atom. The molecule has 1 aromatic carbocycles. The van der Waals surface area contributed by atoms with Crippen LogP contribution in [0.1, 0.15) is 45.1 Å². The van der Waals surface area contributed by atoms with Crippen molar-refractivity contribution in [2.75, 3.05) is 26.9 Å². The van der Waals surface area contributed by atoms with E-state index in [1.54, 1.807) is 7.11 Å². The molecule has 7 heteroatoms. The van der Waals surface area contributed by atoms with E-state index in [4.69, 9.17) is 15.2 Å². The molecule has 1 aliphatic carbocycles. The SMILES string of the molecule is CCOc1ccc(Br)cc1[C@H]1C(C#N)=C(N)N(CCOC)C2=C1C(=O)CC(C)(C)C2. The standard InChI is InChI=1S/C23H28BrN3O3/c1-5-30-19-7-6-14(24)10-15(19)20-16(13-25)22(26)27(8-9-29-4)17-11-23(2,3)12-18(28)21(17)20/h6-7,10,20H,5,8-9,11-12,26H2,1-4H3/t20-/m0/s1. The lowest BCUT2D eigenvalue weighted by Crippen LogP contribution is -2.43. The van der Waals surface area contributed by atoms with E-state index in [2.05, 4.69) is 35.8 Å². The number of nitrogens with two attached hydrogens (primary N) is 1. The number of nitrogens with zero attached hydrogens (tertiary/aromatic N) is 2. The van der Waals surface area contributed by atoms with Crippen LogP contribution in [0, 0.1) is 16.7 Å². The Morgan fingerprint density at radius 2 is 2.10 bits per heavy atom. The van der Waals surface area contributed by atoms with E-state index in [1.165, 1.54) is 0 Å². The molecule has 0 amide bonds. The van der Waals surface area contributed by atoms with Crippen molar-refractivity contribution in [3.63, 3.8) is 0 Å². The smallest absolute Gasteiger partial charge is 0.162 e. The molecule has 2 N–H and O–H groups in total. The van der Waals surface area contributed by atoms with Gasteiger partial charge in [0.05, 0.1) is 30.8 Å². The molecule has 1 aromatic rings. The van der Waals surface area contributed by atoms with Crippen LogP contribution >= 0.6 is 15.9 Å². The summed E-state index contributed by atoms with van der Waals surface area (Å²) in [6.07, 6.45) is 1.13. The molecule has 0 radical (unpaired) electrons. The van der Waals surface area contributed by atoms with Crippen LogP contribution in [-0.4, -0.2) is 37.6 Å². The molecule has 0 fully saturated rings. The Balaban J connectivity index is 2.28. The van der Waals surface area contributed by atoms with Gasteiger partial charge in [0.1, 0.15) is 11.6 Å². The minimum Gasteiger partial charge on any atom is -0.494 e. The fourth-order valence-electron chi connectivity index (χ4n) is 4.36. The Bertz CT molecular complexity index is 959. The molecule has 0 spiro atoms. The third kappa shape index (κ3) is 4.12. The molecule has 2 aliphatic rings. The van der Waals surface area contributed by atoms with E-state index in [-0.39, 0.29) is 11.2 Å². The molecule has 0 unspecified atom stereocenters. The van der Waals surface area contributed by atoms with Gasteiger partial charge < -0.3 is 20.1 Å². The summed E-state index contributed by atoms with van der Waals surface area (Å²) >= 11 is 3.52. The first-order chi connectivity index (χ1) is 14.2. The number of halogens is 1. The minimum absolute atomic E-state index is 0.0522. The lowest BCUT2D eigenvalue weighted by molar-refractivity contribution is -0.118. The van der Waals surface area contributed by atoms with Crippen LogP contribution in [0.15, 0.2) is 45.3 Å². The van der Waals surface area contributed by atoms with Gasteiger partial charge >= 0.3 is 0 Å². The van der Waals surface area contributed by atoms with E-state index in [0.29, 0.717) is 55.3 Å². The highest BCUT2D eigenvalue weighted by atomic mass is 79.9. The normalized spacial score (nSPS) is 20.9. The van der Waals surface area contributed by atoms with Gasteiger partial charge in [-0.15, -0.1) is 0 Å². The van der Waals surface area contributed by atoms with Gasteiger partial charge in [-0.1, -0.05) is 29.8 Å². The topological polar surface area (TPSA) is 88.6 Å². The number of methoxy groups -OCH3 is 1. The first kappa shape index (κ1) is 22.4. The maximum absolute atomic E-state index is 13.4. The van der Waals surface area contributed by atoms with Crippen molar-refractivity contribution in [1.29, 1.82) is 5.26 Å². The molecule has 1 heterocycles. The van der Waals surface area contributed by atoms with Gasteiger partial charge in [0.25, 0.3) is 0 Å². The molecule has 3 rings (SSSR count). The number of ether oxygens (including phenoxy) is 2. The highest BCUT2D eigenvalue weighted by molar-refractivity contribution is 9.10. The maximum atomic E-state index is 13.4. The molecular weight excluding hydrogens is 446 g/mol. The van der Waals surface area contributed by atoms with Gasteiger partial charge in [0.15, 0.2) is 5.78 Å². The number of carbonyl (C=O) groups excluding carboxylic acids is 1. The monoisotopic (exact) mass is 473 g/mol. The van der Waals surface area contributed by atoms with E-state index in [0.717, 1.165) is 15.7 Å². The van der Waals surface area contributed by atoms with Crippen molar-refractivity contribution in [3.05, 3.63) is 50.9 Å². The average molecular weight is 474 g/mol. The molecule has 6 nitrogen and oxygen atoms in total. The van der Waals surface area contributed by atoms with Crippen molar-refractivity contribution in [3.8, 4) is 11.8 Å². The van der Waals surface area contributed by atoms with Crippen molar-refractivity contribution >= 4 is 21.7 Å². The molecule has 160 valence electrons. The van der Waals surface area contributed by atoms with Crippen LogP contribution in [-0.2, 0) is 9.53 Å². The second-order valence-corrected chi connectivity index (χ2v) is 9.32. The maximum Gasteiger partial charge on any atom is 0.162 e. The zero-order valence-corrected chi connectivity index (χ0v) is 19.5. The number of allylic oxidation sites excluding steroid dienone is 3. The molecule has 0 saturated heterocycles. The number of carbonyl (C=O) groups is 1. The number of nitriles is 1. The molecule has 30 heavy (non-hydrogen) atoms. The minimum atomic E-state index is -0.550. The van der Waals surface area contributed by atoms with Gasteiger partial charge in [-0.25, -0.2) is 0 Å². The zero-order chi connectivity index (χ0) is 22.1. The van der Waals surface area contributed by atoms with Crippen molar-refractivity contribution in [1.82, 2.24) is 4.90 Å². The van der Waals surface area contributed by atoms with Gasteiger partial charge in [0.2, 0.25) is 0 Å². The van der Waals surface area contributed by atoms with Crippen LogP contribution in [0.3, 0.4) is 0 Å². The Morgan fingerprint density at radius 3 is 2.73 bits per heavy atom. The summed E-state index contributed by atoms with van der Waals surface area (Å²) in [5.74, 6) is 0.537. The third-order valence-corrected chi connectivity index (χ3v) is 6.08. The number of ketones is 1. The largest absolute Gasteiger partial charge is 0.494 e. The molecule has 1 atom stereocenters. The van der Waals surface area contributed by atoms with Gasteiger partial charge in [0, 0.05) is 41.4 Å². The molecular formula is C23H28BrN3O3. The summed E-state index contributed by atoms with van der Waals surface area (Å²) in [5.41, 5.74) is 9.03. The highest BCUT2D eigenvalue weighted by Crippen LogP contribution is 2.50. The Kier molecular flexibility index (Phi) is 6.59. The van der Waals surface area contributed by atoms with E-state index in [1.807, 2.05) is 30.0 Å². The van der Waals surface area contributed by atoms with E-state index >= 15 is 0 Å². The van der Waals surface area contributed by atoms with Gasteiger partial charge in [-0.3, -0.25) is 4.79 Å². The first-order valence-electron chi connectivity index (χ1n) is 10.1. The molecule has 1 aliphatic heterocycles. The summed E-state index contributed by atoms with van der Waals surface area (Å²) in [5, 5.41) is 10.1. The van der Waals surface area contributed by atoms with Crippen LogP contribution in [0.4, 0.5) is 0 Å². The third-order valence-electron chi connectivity index (χ3n) is 5.59. The van der Waals surface area contributed by atoms with Crippen molar-refractivity contribution in [2.45, 2.75) is 39.5 Å². The average Bonchev–Trinajstić information content (AvgIpc) is 2.67. The highest BCUT2D eigenvalue weighted by Gasteiger charge is 2.44. The molecule has 0 aromatic heterocycles.